The molecule has 1 aliphatic heterocycles. The highest BCUT2D eigenvalue weighted by Gasteiger charge is 2.26. The molecule has 0 aliphatic carbocycles. The molecular formula is C17H18N6O. The minimum atomic E-state index is 0.263. The highest BCUT2D eigenvalue weighted by atomic mass is 16.4. The van der Waals surface area contributed by atoms with Gasteiger partial charge in [0, 0.05) is 37.9 Å². The second kappa shape index (κ2) is 6.84. The lowest BCUT2D eigenvalue weighted by Crippen LogP contribution is -2.34. The summed E-state index contributed by atoms with van der Waals surface area (Å²) in [6, 6.07) is 4.12. The largest absolute Gasteiger partial charge is 0.419 e. The van der Waals surface area contributed by atoms with Gasteiger partial charge in [-0.25, -0.2) is 4.98 Å². The van der Waals surface area contributed by atoms with Crippen LogP contribution in [0.3, 0.4) is 0 Å². The molecule has 4 rings (SSSR count). The van der Waals surface area contributed by atoms with E-state index < -0.39 is 0 Å². The first-order valence-electron chi connectivity index (χ1n) is 8.09. The molecule has 3 aromatic heterocycles. The molecule has 0 radical (unpaired) electrons. The Morgan fingerprint density at radius 2 is 2.00 bits per heavy atom. The zero-order valence-corrected chi connectivity index (χ0v) is 13.2. The summed E-state index contributed by atoms with van der Waals surface area (Å²) < 4.78 is 5.85. The average molecular weight is 322 g/mol. The van der Waals surface area contributed by atoms with E-state index in [1.54, 1.807) is 18.6 Å². The quantitative estimate of drug-likeness (QED) is 0.729. The lowest BCUT2D eigenvalue weighted by Gasteiger charge is -2.30. The van der Waals surface area contributed by atoms with E-state index in [1.807, 2.05) is 12.4 Å². The molecule has 0 unspecified atom stereocenters. The molecule has 7 heteroatoms. The number of piperidine rings is 1. The Morgan fingerprint density at radius 1 is 1.08 bits per heavy atom. The first-order chi connectivity index (χ1) is 11.9. The highest BCUT2D eigenvalue weighted by Crippen LogP contribution is 2.28. The molecule has 0 N–H and O–H groups in total. The Labute approximate surface area is 139 Å². The van der Waals surface area contributed by atoms with E-state index in [-0.39, 0.29) is 5.92 Å². The predicted octanol–water partition coefficient (Wildman–Crippen LogP) is 2.30. The van der Waals surface area contributed by atoms with E-state index in [0.29, 0.717) is 17.5 Å². The smallest absolute Gasteiger partial charge is 0.267 e. The highest BCUT2D eigenvalue weighted by molar-refractivity contribution is 5.43. The molecule has 0 saturated carbocycles. The second-order valence-corrected chi connectivity index (χ2v) is 5.97. The van der Waals surface area contributed by atoms with Gasteiger partial charge in [-0.1, -0.05) is 0 Å². The third-order valence-corrected chi connectivity index (χ3v) is 4.23. The van der Waals surface area contributed by atoms with Crippen molar-refractivity contribution < 1.29 is 4.42 Å². The fourth-order valence-corrected chi connectivity index (χ4v) is 3.06. The van der Waals surface area contributed by atoms with Crippen molar-refractivity contribution in [3.05, 3.63) is 54.6 Å². The molecule has 4 heterocycles. The lowest BCUT2D eigenvalue weighted by molar-refractivity contribution is 0.186. The Kier molecular flexibility index (Phi) is 4.24. The number of nitrogens with zero attached hydrogens (tertiary/aromatic N) is 6. The summed E-state index contributed by atoms with van der Waals surface area (Å²) in [6.07, 6.45) is 10.7. The molecule has 0 amide bonds. The van der Waals surface area contributed by atoms with Crippen molar-refractivity contribution >= 4 is 0 Å². The molecule has 1 fully saturated rings. The topological polar surface area (TPSA) is 80.8 Å². The van der Waals surface area contributed by atoms with Crippen LogP contribution in [0, 0.1) is 0 Å². The van der Waals surface area contributed by atoms with Crippen LogP contribution in [0.25, 0.3) is 11.6 Å². The van der Waals surface area contributed by atoms with Crippen LogP contribution in [0.1, 0.15) is 30.2 Å². The number of likely N-dealkylation sites (tertiary alicyclic amines) is 1. The van der Waals surface area contributed by atoms with Crippen LogP contribution in [0.4, 0.5) is 0 Å². The van der Waals surface area contributed by atoms with Gasteiger partial charge in [0.15, 0.2) is 0 Å². The summed E-state index contributed by atoms with van der Waals surface area (Å²) in [5.74, 6) is 1.39. The van der Waals surface area contributed by atoms with Crippen molar-refractivity contribution in [2.24, 2.45) is 0 Å². The molecule has 0 spiro atoms. The second-order valence-electron chi connectivity index (χ2n) is 5.97. The minimum Gasteiger partial charge on any atom is -0.419 e. The number of hydrogen-bond donors (Lipinski definition) is 0. The van der Waals surface area contributed by atoms with Crippen molar-refractivity contribution in [3.63, 3.8) is 0 Å². The lowest BCUT2D eigenvalue weighted by atomic mass is 9.97. The van der Waals surface area contributed by atoms with Crippen LogP contribution >= 0.6 is 0 Å². The van der Waals surface area contributed by atoms with E-state index in [1.165, 1.54) is 5.56 Å². The van der Waals surface area contributed by atoms with Crippen LogP contribution in [-0.4, -0.2) is 43.1 Å². The number of rotatable bonds is 4. The number of hydrogen-bond acceptors (Lipinski definition) is 7. The molecule has 1 saturated heterocycles. The fraction of sp³-hybridized carbons (Fsp3) is 0.353. The summed E-state index contributed by atoms with van der Waals surface area (Å²) in [7, 11) is 0. The number of aromatic nitrogens is 5. The van der Waals surface area contributed by atoms with Gasteiger partial charge >= 0.3 is 0 Å². The maximum Gasteiger partial charge on any atom is 0.267 e. The van der Waals surface area contributed by atoms with Gasteiger partial charge in [0.25, 0.3) is 5.89 Å². The summed E-state index contributed by atoms with van der Waals surface area (Å²) >= 11 is 0. The minimum absolute atomic E-state index is 0.263. The van der Waals surface area contributed by atoms with E-state index in [9.17, 15) is 0 Å². The van der Waals surface area contributed by atoms with Crippen LogP contribution in [0.5, 0.6) is 0 Å². The Balaban J connectivity index is 1.45. The van der Waals surface area contributed by atoms with Gasteiger partial charge in [0.1, 0.15) is 5.69 Å². The van der Waals surface area contributed by atoms with Crippen molar-refractivity contribution in [3.8, 4) is 11.6 Å². The first kappa shape index (κ1) is 14.9. The molecule has 1 atom stereocenters. The van der Waals surface area contributed by atoms with Crippen molar-refractivity contribution in [1.82, 2.24) is 30.0 Å². The zero-order valence-electron chi connectivity index (χ0n) is 13.2. The SMILES string of the molecule is c1cc(CN2CCC[C@@H](c3nnc(-c4cnccn4)o3)C2)ccn1. The predicted molar refractivity (Wildman–Crippen MR) is 86.8 cm³/mol. The molecule has 1 aliphatic rings. The van der Waals surface area contributed by atoms with Gasteiger partial charge in [-0.05, 0) is 37.1 Å². The third-order valence-electron chi connectivity index (χ3n) is 4.23. The van der Waals surface area contributed by atoms with Crippen LogP contribution in [0.15, 0.2) is 47.5 Å². The summed E-state index contributed by atoms with van der Waals surface area (Å²) in [4.78, 5) is 14.7. The maximum atomic E-state index is 5.85. The summed E-state index contributed by atoms with van der Waals surface area (Å²) in [5, 5.41) is 8.36. The molecule has 3 aromatic rings. The van der Waals surface area contributed by atoms with Crippen molar-refractivity contribution in [2.75, 3.05) is 13.1 Å². The number of pyridine rings is 1. The molecular weight excluding hydrogens is 304 g/mol. The maximum absolute atomic E-state index is 5.85. The molecule has 122 valence electrons. The Hall–Kier alpha value is -2.67. The van der Waals surface area contributed by atoms with E-state index in [4.69, 9.17) is 4.42 Å². The van der Waals surface area contributed by atoms with E-state index >= 15 is 0 Å². The fourth-order valence-electron chi connectivity index (χ4n) is 3.06. The van der Waals surface area contributed by atoms with E-state index in [2.05, 4.69) is 42.2 Å². The summed E-state index contributed by atoms with van der Waals surface area (Å²) in [5.41, 5.74) is 1.89. The molecule has 7 nitrogen and oxygen atoms in total. The van der Waals surface area contributed by atoms with Crippen molar-refractivity contribution in [1.29, 1.82) is 0 Å². The standard InChI is InChI=1S/C17H18N6O/c1-2-14(12-23(9-1)11-13-3-5-18-6-4-13)16-21-22-17(24-16)15-10-19-7-8-20-15/h3-8,10,14H,1-2,9,11-12H2/t14-/m1/s1. The monoisotopic (exact) mass is 322 g/mol. The van der Waals surface area contributed by atoms with Crippen LogP contribution in [0.2, 0.25) is 0 Å². The van der Waals surface area contributed by atoms with Gasteiger partial charge in [-0.15, -0.1) is 10.2 Å². The van der Waals surface area contributed by atoms with Gasteiger partial charge in [0.2, 0.25) is 5.89 Å². The molecule has 24 heavy (non-hydrogen) atoms. The van der Waals surface area contributed by atoms with Crippen molar-refractivity contribution in [2.45, 2.75) is 25.3 Å². The average Bonchev–Trinajstić information content (AvgIpc) is 3.14. The van der Waals surface area contributed by atoms with Gasteiger partial charge in [-0.2, -0.15) is 0 Å². The Bertz CT molecular complexity index is 776. The summed E-state index contributed by atoms with van der Waals surface area (Å²) in [6.45, 7) is 2.93. The zero-order chi connectivity index (χ0) is 16.2. The first-order valence-corrected chi connectivity index (χ1v) is 8.09. The van der Waals surface area contributed by atoms with Gasteiger partial charge in [0.05, 0.1) is 12.1 Å². The van der Waals surface area contributed by atoms with E-state index in [0.717, 1.165) is 32.5 Å². The van der Waals surface area contributed by atoms with Gasteiger partial charge in [-0.3, -0.25) is 14.9 Å². The Morgan fingerprint density at radius 3 is 2.83 bits per heavy atom. The van der Waals surface area contributed by atoms with Gasteiger partial charge < -0.3 is 4.42 Å². The van der Waals surface area contributed by atoms with Crippen LogP contribution in [-0.2, 0) is 6.54 Å². The molecule has 0 bridgehead atoms. The normalized spacial score (nSPS) is 18.6. The third kappa shape index (κ3) is 3.30. The molecule has 0 aromatic carbocycles. The van der Waals surface area contributed by atoms with Crippen LogP contribution < -0.4 is 0 Å².